The first-order valence-electron chi connectivity index (χ1n) is 17.1. The van der Waals surface area contributed by atoms with Crippen LogP contribution in [0.5, 0.6) is 0 Å². The molecule has 0 bridgehead atoms. The minimum Gasteiger partial charge on any atom is -0.245 e. The molecule has 3 aromatic heterocycles. The maximum atomic E-state index is 5.31. The van der Waals surface area contributed by atoms with Gasteiger partial charge >= 0.3 is 0 Å². The molecule has 0 aliphatic heterocycles. The van der Waals surface area contributed by atoms with E-state index in [2.05, 4.69) is 158 Å². The molecule has 0 atom stereocenters. The van der Waals surface area contributed by atoms with Crippen LogP contribution in [0, 0.1) is 0 Å². The highest BCUT2D eigenvalue weighted by molar-refractivity contribution is 7.25. The third kappa shape index (κ3) is 5.16. The van der Waals surface area contributed by atoms with Crippen molar-refractivity contribution in [1.82, 2.24) is 15.0 Å². The average Bonchev–Trinajstić information content (AvgIpc) is 3.59. The fourth-order valence-corrected chi connectivity index (χ4v) is 8.31. The molecule has 0 aliphatic rings. The predicted octanol–water partition coefficient (Wildman–Crippen LogP) is 12.9. The summed E-state index contributed by atoms with van der Waals surface area (Å²) in [6.07, 6.45) is 2.00. The van der Waals surface area contributed by atoms with Crippen molar-refractivity contribution in [3.63, 3.8) is 0 Å². The van der Waals surface area contributed by atoms with Crippen molar-refractivity contribution in [1.29, 1.82) is 0 Å². The van der Waals surface area contributed by atoms with Crippen LogP contribution < -0.4 is 0 Å². The van der Waals surface area contributed by atoms with Crippen molar-refractivity contribution < 1.29 is 0 Å². The normalized spacial score (nSPS) is 11.5. The topological polar surface area (TPSA) is 38.7 Å². The van der Waals surface area contributed by atoms with Crippen molar-refractivity contribution in [2.45, 2.75) is 0 Å². The Morgan fingerprint density at radius 2 is 1.00 bits per heavy atom. The number of hydrogen-bond acceptors (Lipinski definition) is 4. The molecule has 0 saturated carbocycles. The van der Waals surface area contributed by atoms with Crippen LogP contribution in [0.15, 0.2) is 176 Å². The fraction of sp³-hybridized carbons (Fsp3) is 0. The summed E-state index contributed by atoms with van der Waals surface area (Å²) in [6.45, 7) is 0. The SMILES string of the molecule is c1ccc(-c2cc(-c3ccccc3)nc(-c3cc(-c4cc5ccccc5c5ccccc45)ccc3-c3cnc4sc5ccccc5c4c3)n2)cc1. The van der Waals surface area contributed by atoms with Crippen molar-refractivity contribution in [2.24, 2.45) is 0 Å². The lowest BCUT2D eigenvalue weighted by atomic mass is 9.90. The molecule has 0 aliphatic carbocycles. The molecule has 0 fully saturated rings. The Hall–Kier alpha value is -6.49. The van der Waals surface area contributed by atoms with Crippen LogP contribution in [0.3, 0.4) is 0 Å². The summed E-state index contributed by atoms with van der Waals surface area (Å²) < 4.78 is 1.24. The average molecular weight is 668 g/mol. The van der Waals surface area contributed by atoms with Gasteiger partial charge in [-0.05, 0) is 68.6 Å². The highest BCUT2D eigenvalue weighted by Gasteiger charge is 2.19. The summed E-state index contributed by atoms with van der Waals surface area (Å²) >= 11 is 1.73. The largest absolute Gasteiger partial charge is 0.245 e. The number of aromatic nitrogens is 3. The van der Waals surface area contributed by atoms with E-state index in [-0.39, 0.29) is 0 Å². The summed E-state index contributed by atoms with van der Waals surface area (Å²) in [4.78, 5) is 16.6. The summed E-state index contributed by atoms with van der Waals surface area (Å²) in [7, 11) is 0. The van der Waals surface area contributed by atoms with Gasteiger partial charge in [0.1, 0.15) is 4.83 Å². The van der Waals surface area contributed by atoms with E-state index in [1.807, 2.05) is 18.3 Å². The first-order valence-corrected chi connectivity index (χ1v) is 17.9. The number of thiophene rings is 1. The molecule has 10 aromatic rings. The van der Waals surface area contributed by atoms with Crippen LogP contribution in [0.1, 0.15) is 0 Å². The molecule has 3 heterocycles. The van der Waals surface area contributed by atoms with Gasteiger partial charge in [0.2, 0.25) is 0 Å². The molecule has 7 aromatic carbocycles. The Morgan fingerprint density at radius 1 is 0.373 bits per heavy atom. The second-order valence-corrected chi connectivity index (χ2v) is 13.9. The van der Waals surface area contributed by atoms with Crippen molar-refractivity contribution in [3.05, 3.63) is 176 Å². The molecule has 3 nitrogen and oxygen atoms in total. The van der Waals surface area contributed by atoms with Crippen LogP contribution in [-0.4, -0.2) is 15.0 Å². The molecular weight excluding hydrogens is 639 g/mol. The highest BCUT2D eigenvalue weighted by Crippen LogP contribution is 2.42. The van der Waals surface area contributed by atoms with E-state index in [1.54, 1.807) is 11.3 Å². The Labute approximate surface area is 299 Å². The van der Waals surface area contributed by atoms with Gasteiger partial charge in [0, 0.05) is 43.9 Å². The lowest BCUT2D eigenvalue weighted by Gasteiger charge is -2.16. The van der Waals surface area contributed by atoms with Crippen LogP contribution in [0.4, 0.5) is 0 Å². The van der Waals surface area contributed by atoms with Gasteiger partial charge in [-0.25, -0.2) is 15.0 Å². The van der Waals surface area contributed by atoms with Crippen LogP contribution in [-0.2, 0) is 0 Å². The zero-order chi connectivity index (χ0) is 33.7. The first kappa shape index (κ1) is 29.4. The zero-order valence-electron chi connectivity index (χ0n) is 27.5. The quantitative estimate of drug-likeness (QED) is 0.171. The molecule has 10 rings (SSSR count). The maximum absolute atomic E-state index is 5.31. The van der Waals surface area contributed by atoms with E-state index < -0.39 is 0 Å². The van der Waals surface area contributed by atoms with Gasteiger partial charge in [0.15, 0.2) is 5.82 Å². The second kappa shape index (κ2) is 12.1. The summed E-state index contributed by atoms with van der Waals surface area (Å²) in [5.74, 6) is 0.674. The monoisotopic (exact) mass is 667 g/mol. The Morgan fingerprint density at radius 3 is 1.75 bits per heavy atom. The third-order valence-corrected chi connectivity index (χ3v) is 10.8. The van der Waals surface area contributed by atoms with Gasteiger partial charge in [-0.2, -0.15) is 0 Å². The number of pyridine rings is 1. The molecule has 51 heavy (non-hydrogen) atoms. The molecular formula is C47H29N3S. The Balaban J connectivity index is 1.26. The van der Waals surface area contributed by atoms with E-state index in [0.717, 1.165) is 55.0 Å². The van der Waals surface area contributed by atoms with Crippen LogP contribution in [0.25, 0.3) is 98.0 Å². The molecule has 4 heteroatoms. The highest BCUT2D eigenvalue weighted by atomic mass is 32.1. The minimum absolute atomic E-state index is 0.674. The van der Waals surface area contributed by atoms with E-state index in [0.29, 0.717) is 5.82 Å². The smallest absolute Gasteiger partial charge is 0.161 e. The number of hydrogen-bond donors (Lipinski definition) is 0. The van der Waals surface area contributed by atoms with E-state index in [4.69, 9.17) is 15.0 Å². The number of benzene rings is 7. The molecule has 238 valence electrons. The molecule has 0 unspecified atom stereocenters. The molecule has 0 N–H and O–H groups in total. The van der Waals surface area contributed by atoms with Gasteiger partial charge in [-0.15, -0.1) is 11.3 Å². The van der Waals surface area contributed by atoms with Crippen molar-refractivity contribution in [2.75, 3.05) is 0 Å². The number of fused-ring (bicyclic) bond motifs is 6. The van der Waals surface area contributed by atoms with E-state index in [1.165, 1.54) is 37.2 Å². The maximum Gasteiger partial charge on any atom is 0.161 e. The summed E-state index contributed by atoms with van der Waals surface area (Å²) in [5.41, 5.74) is 9.17. The second-order valence-electron chi connectivity index (χ2n) is 12.8. The number of rotatable bonds is 5. The predicted molar refractivity (Wildman–Crippen MR) is 215 cm³/mol. The molecule has 0 radical (unpaired) electrons. The first-order chi connectivity index (χ1) is 25.3. The Bertz CT molecular complexity index is 2860. The van der Waals surface area contributed by atoms with Crippen LogP contribution in [0.2, 0.25) is 0 Å². The Kier molecular flexibility index (Phi) is 7.00. The van der Waals surface area contributed by atoms with Crippen LogP contribution >= 0.6 is 11.3 Å². The third-order valence-electron chi connectivity index (χ3n) is 9.75. The van der Waals surface area contributed by atoms with Gasteiger partial charge in [0.25, 0.3) is 0 Å². The lowest BCUT2D eigenvalue weighted by molar-refractivity contribution is 1.18. The minimum atomic E-state index is 0.674. The van der Waals surface area contributed by atoms with E-state index >= 15 is 0 Å². The lowest BCUT2D eigenvalue weighted by Crippen LogP contribution is -1.98. The molecule has 0 spiro atoms. The number of nitrogens with zero attached hydrogens (tertiary/aromatic N) is 3. The summed E-state index contributed by atoms with van der Waals surface area (Å²) in [5, 5.41) is 7.30. The molecule has 0 amide bonds. The van der Waals surface area contributed by atoms with Gasteiger partial charge in [-0.1, -0.05) is 140 Å². The van der Waals surface area contributed by atoms with Gasteiger partial charge < -0.3 is 0 Å². The van der Waals surface area contributed by atoms with Gasteiger partial charge in [0.05, 0.1) is 11.4 Å². The molecule has 0 saturated heterocycles. The standard InChI is InChI=1S/C47H29N3S/c1-3-13-30(14-4-1)43-28-44(31-15-5-2-6-16-31)50-46(49-43)41-26-33(40-25-32-17-7-8-18-35(32)37-19-9-10-20-38(37)40)23-24-36(41)34-27-42-39-21-11-12-22-45(39)51-47(42)48-29-34/h1-29H. The zero-order valence-corrected chi connectivity index (χ0v) is 28.3. The van der Waals surface area contributed by atoms with E-state index in [9.17, 15) is 0 Å². The van der Waals surface area contributed by atoms with Gasteiger partial charge in [-0.3, -0.25) is 0 Å². The summed E-state index contributed by atoms with van der Waals surface area (Å²) in [6, 6.07) is 60.1. The van der Waals surface area contributed by atoms with Crippen molar-refractivity contribution in [3.8, 4) is 56.2 Å². The fourth-order valence-electron chi connectivity index (χ4n) is 7.28. The van der Waals surface area contributed by atoms with Crippen molar-refractivity contribution >= 4 is 53.2 Å².